The molecule has 0 spiro atoms. The van der Waals surface area contributed by atoms with Gasteiger partial charge in [0.05, 0.1) is 24.9 Å². The molecule has 180 valence electrons. The third kappa shape index (κ3) is 4.60. The minimum atomic E-state index is -0.525. The second kappa shape index (κ2) is 9.80. The number of aryl methyl sites for hydroxylation is 1. The van der Waals surface area contributed by atoms with Crippen LogP contribution in [0.2, 0.25) is 0 Å². The molecule has 0 aliphatic carbocycles. The van der Waals surface area contributed by atoms with Gasteiger partial charge >= 0.3 is 5.76 Å². The Bertz CT molecular complexity index is 1220. The van der Waals surface area contributed by atoms with Gasteiger partial charge in [0.1, 0.15) is 6.54 Å². The third-order valence-electron chi connectivity index (χ3n) is 6.56. The molecule has 2 aliphatic rings. The molecule has 2 saturated heterocycles. The van der Waals surface area contributed by atoms with Crippen LogP contribution in [0.4, 0.5) is 0 Å². The molecule has 11 nitrogen and oxygen atoms in total. The van der Waals surface area contributed by atoms with E-state index in [1.54, 1.807) is 34.0 Å². The zero-order valence-electron chi connectivity index (χ0n) is 19.0. The summed E-state index contributed by atoms with van der Waals surface area (Å²) in [6.07, 6.45) is 5.23. The van der Waals surface area contributed by atoms with Crippen LogP contribution in [0.1, 0.15) is 36.2 Å². The first-order valence-corrected chi connectivity index (χ1v) is 11.7. The molecule has 34 heavy (non-hydrogen) atoms. The number of amides is 2. The number of aromatic nitrogens is 4. The Morgan fingerprint density at radius 3 is 2.76 bits per heavy atom. The second-order valence-corrected chi connectivity index (χ2v) is 8.72. The highest BCUT2D eigenvalue weighted by Gasteiger charge is 2.28. The number of rotatable bonds is 6. The van der Waals surface area contributed by atoms with E-state index in [-0.39, 0.29) is 24.4 Å². The first-order valence-electron chi connectivity index (χ1n) is 11.7. The molecule has 1 unspecified atom stereocenters. The van der Waals surface area contributed by atoms with E-state index in [4.69, 9.17) is 9.15 Å². The predicted octanol–water partition coefficient (Wildman–Crippen LogP) is 1.13. The lowest BCUT2D eigenvalue weighted by Gasteiger charge is -2.36. The summed E-state index contributed by atoms with van der Waals surface area (Å²) in [5.74, 6) is -0.759. The first kappa shape index (κ1) is 22.3. The fourth-order valence-corrected chi connectivity index (χ4v) is 4.73. The number of nitrogens with zero attached hydrogens (tertiary/aromatic N) is 6. The predicted molar refractivity (Wildman–Crippen MR) is 121 cm³/mol. The van der Waals surface area contributed by atoms with Gasteiger partial charge in [-0.2, -0.15) is 0 Å². The van der Waals surface area contributed by atoms with E-state index in [1.807, 2.05) is 11.0 Å². The molecule has 1 aromatic carbocycles. The molecule has 2 amide bonds. The number of hydrogen-bond donors (Lipinski definition) is 0. The summed E-state index contributed by atoms with van der Waals surface area (Å²) >= 11 is 0. The smallest absolute Gasteiger partial charge is 0.408 e. The standard InChI is InChI=1S/C23H28N6O5/c30-21(16-29-19-6-1-2-7-20(19)34-23(29)32)28-9-4-3-5-17(28)8-10-27-15-18(24-25-27)22(31)26-11-13-33-14-12-26/h1-2,6-7,15,17H,3-5,8-14,16H2. The Hall–Kier alpha value is -3.47. The average molecular weight is 469 g/mol. The SMILES string of the molecule is O=C(c1cn(CCC2CCCCN2C(=O)Cn2c(=O)oc3ccccc32)nn1)N1CCOCC1. The van der Waals surface area contributed by atoms with Gasteiger partial charge in [0, 0.05) is 32.2 Å². The van der Waals surface area contributed by atoms with E-state index in [0.29, 0.717) is 62.6 Å². The van der Waals surface area contributed by atoms with Gasteiger partial charge in [-0.1, -0.05) is 17.3 Å². The molecule has 0 N–H and O–H groups in total. The van der Waals surface area contributed by atoms with Crippen molar-refractivity contribution in [1.29, 1.82) is 0 Å². The average Bonchev–Trinajstić information content (AvgIpc) is 3.47. The number of hydrogen-bond acceptors (Lipinski definition) is 7. The third-order valence-corrected chi connectivity index (χ3v) is 6.56. The molecule has 11 heteroatoms. The topological polar surface area (TPSA) is 116 Å². The number of benzene rings is 1. The highest BCUT2D eigenvalue weighted by Crippen LogP contribution is 2.21. The Balaban J connectivity index is 1.22. The molecule has 0 radical (unpaired) electrons. The lowest BCUT2D eigenvalue weighted by atomic mass is 9.99. The van der Waals surface area contributed by atoms with Gasteiger partial charge in [0.15, 0.2) is 11.3 Å². The zero-order valence-corrected chi connectivity index (χ0v) is 19.0. The number of oxazole rings is 1. The largest absolute Gasteiger partial charge is 0.420 e. The Morgan fingerprint density at radius 2 is 1.91 bits per heavy atom. The summed E-state index contributed by atoms with van der Waals surface area (Å²) < 4.78 is 13.6. The fourth-order valence-electron chi connectivity index (χ4n) is 4.73. The minimum absolute atomic E-state index is 0.0395. The lowest BCUT2D eigenvalue weighted by molar-refractivity contribution is -0.135. The molecule has 0 saturated carbocycles. The van der Waals surface area contributed by atoms with Crippen molar-refractivity contribution >= 4 is 22.9 Å². The number of likely N-dealkylation sites (tertiary alicyclic amines) is 1. The number of piperidine rings is 1. The molecular formula is C23H28N6O5. The Morgan fingerprint density at radius 1 is 1.09 bits per heavy atom. The van der Waals surface area contributed by atoms with Gasteiger partial charge in [-0.05, 0) is 37.8 Å². The lowest BCUT2D eigenvalue weighted by Crippen LogP contribution is -2.46. The van der Waals surface area contributed by atoms with Crippen LogP contribution in [0.15, 0.2) is 39.7 Å². The van der Waals surface area contributed by atoms with Gasteiger partial charge in [-0.3, -0.25) is 18.8 Å². The van der Waals surface area contributed by atoms with Crippen molar-refractivity contribution in [3.63, 3.8) is 0 Å². The number of morpholine rings is 1. The molecule has 2 fully saturated rings. The van der Waals surface area contributed by atoms with Gasteiger partial charge in [-0.15, -0.1) is 5.10 Å². The van der Waals surface area contributed by atoms with Crippen LogP contribution >= 0.6 is 0 Å². The van der Waals surface area contributed by atoms with Crippen molar-refractivity contribution in [2.24, 2.45) is 0 Å². The quantitative estimate of drug-likeness (QED) is 0.532. The van der Waals surface area contributed by atoms with Crippen molar-refractivity contribution in [2.75, 3.05) is 32.8 Å². The number of fused-ring (bicyclic) bond motifs is 1. The summed E-state index contributed by atoms with van der Waals surface area (Å²) in [6.45, 7) is 3.34. The molecule has 4 heterocycles. The van der Waals surface area contributed by atoms with Crippen LogP contribution in [0.3, 0.4) is 0 Å². The molecule has 1 atom stereocenters. The van der Waals surface area contributed by atoms with E-state index in [9.17, 15) is 14.4 Å². The van der Waals surface area contributed by atoms with Gasteiger partial charge in [0.25, 0.3) is 5.91 Å². The van der Waals surface area contributed by atoms with Crippen LogP contribution in [0.5, 0.6) is 0 Å². The number of carbonyl (C=O) groups is 2. The summed E-state index contributed by atoms with van der Waals surface area (Å²) in [4.78, 5) is 41.7. The van der Waals surface area contributed by atoms with E-state index >= 15 is 0 Å². The van der Waals surface area contributed by atoms with E-state index in [1.165, 1.54) is 4.57 Å². The van der Waals surface area contributed by atoms with Crippen molar-refractivity contribution in [3.8, 4) is 0 Å². The van der Waals surface area contributed by atoms with E-state index in [0.717, 1.165) is 19.3 Å². The molecule has 2 aliphatic heterocycles. The van der Waals surface area contributed by atoms with E-state index < -0.39 is 5.76 Å². The van der Waals surface area contributed by atoms with Crippen LogP contribution in [0.25, 0.3) is 11.1 Å². The molecule has 0 bridgehead atoms. The van der Waals surface area contributed by atoms with Crippen molar-refractivity contribution < 1.29 is 18.7 Å². The Labute approximate surface area is 195 Å². The highest BCUT2D eigenvalue weighted by atomic mass is 16.5. The highest BCUT2D eigenvalue weighted by molar-refractivity contribution is 5.92. The number of para-hydroxylation sites is 2. The van der Waals surface area contributed by atoms with Crippen molar-refractivity contribution in [3.05, 3.63) is 46.7 Å². The second-order valence-electron chi connectivity index (χ2n) is 8.72. The number of ether oxygens (including phenoxy) is 1. The Kier molecular flexibility index (Phi) is 6.43. The molecule has 3 aromatic rings. The van der Waals surface area contributed by atoms with Crippen molar-refractivity contribution in [2.45, 2.75) is 44.8 Å². The maximum Gasteiger partial charge on any atom is 0.420 e. The maximum absolute atomic E-state index is 13.2. The van der Waals surface area contributed by atoms with Gasteiger partial charge in [0.2, 0.25) is 5.91 Å². The minimum Gasteiger partial charge on any atom is -0.408 e. The van der Waals surface area contributed by atoms with Gasteiger partial charge < -0.3 is 19.0 Å². The molecule has 5 rings (SSSR count). The normalized spacial score (nSPS) is 19.0. The fraction of sp³-hybridized carbons (Fsp3) is 0.522. The number of carbonyl (C=O) groups excluding carboxylic acids is 2. The first-order chi connectivity index (χ1) is 16.6. The van der Waals surface area contributed by atoms with Crippen LogP contribution < -0.4 is 5.76 Å². The summed E-state index contributed by atoms with van der Waals surface area (Å²) in [6, 6.07) is 7.15. The van der Waals surface area contributed by atoms with Crippen LogP contribution in [-0.2, 0) is 22.6 Å². The zero-order chi connectivity index (χ0) is 23.5. The molecule has 2 aromatic heterocycles. The van der Waals surface area contributed by atoms with Crippen LogP contribution in [-0.4, -0.2) is 80.1 Å². The van der Waals surface area contributed by atoms with Crippen molar-refractivity contribution in [1.82, 2.24) is 29.4 Å². The summed E-state index contributed by atoms with van der Waals surface area (Å²) in [5.41, 5.74) is 1.42. The maximum atomic E-state index is 13.2. The van der Waals surface area contributed by atoms with E-state index in [2.05, 4.69) is 10.3 Å². The van der Waals surface area contributed by atoms with Gasteiger partial charge in [-0.25, -0.2) is 4.79 Å². The summed E-state index contributed by atoms with van der Waals surface area (Å²) in [7, 11) is 0. The summed E-state index contributed by atoms with van der Waals surface area (Å²) in [5, 5.41) is 8.17. The van der Waals surface area contributed by atoms with Crippen LogP contribution in [0, 0.1) is 0 Å². The monoisotopic (exact) mass is 468 g/mol. The molecular weight excluding hydrogens is 440 g/mol.